The molecule has 0 unspecified atom stereocenters. The summed E-state index contributed by atoms with van der Waals surface area (Å²) >= 11 is 3.00. The highest BCUT2D eigenvalue weighted by atomic mass is 79.9. The van der Waals surface area contributed by atoms with Gasteiger partial charge in [-0.25, -0.2) is 0 Å². The number of hydrogen-bond donors (Lipinski definition) is 1. The average molecular weight is 245 g/mol. The van der Waals surface area contributed by atoms with Gasteiger partial charge in [0.2, 0.25) is 0 Å². The molecule has 0 saturated carbocycles. The Balaban J connectivity index is 3.17. The summed E-state index contributed by atoms with van der Waals surface area (Å²) < 4.78 is 4.84. The van der Waals surface area contributed by atoms with Crippen LogP contribution in [0.1, 0.15) is 0 Å². The van der Waals surface area contributed by atoms with Crippen LogP contribution in [0, 0.1) is 10.1 Å². The molecular formula is C6H4BBrNO4. The molecule has 1 rings (SSSR count). The molecule has 13 heavy (non-hydrogen) atoms. The summed E-state index contributed by atoms with van der Waals surface area (Å²) in [7, 11) is 0.398. The predicted molar refractivity (Wildman–Crippen MR) is 49.4 cm³/mol. The van der Waals surface area contributed by atoms with Crippen molar-refractivity contribution < 1.29 is 14.6 Å². The smallest absolute Gasteiger partial charge is 0.533 e. The van der Waals surface area contributed by atoms with Crippen molar-refractivity contribution in [1.82, 2.24) is 0 Å². The highest BCUT2D eigenvalue weighted by Gasteiger charge is 2.18. The van der Waals surface area contributed by atoms with Crippen LogP contribution in [0.4, 0.5) is 5.69 Å². The molecule has 0 spiro atoms. The number of halogens is 1. The lowest BCUT2D eigenvalue weighted by atomic mass is 10.3. The second-order valence-electron chi connectivity index (χ2n) is 2.07. The number of nitro groups is 1. The molecule has 1 aromatic carbocycles. The Bertz CT molecular complexity index is 332. The van der Waals surface area contributed by atoms with Gasteiger partial charge in [0.25, 0.3) is 0 Å². The molecule has 0 aliphatic carbocycles. The Hall–Kier alpha value is -1.08. The minimum atomic E-state index is -0.594. The first-order valence-electron chi connectivity index (χ1n) is 3.22. The van der Waals surface area contributed by atoms with E-state index in [9.17, 15) is 10.1 Å². The van der Waals surface area contributed by atoms with Crippen molar-refractivity contribution in [3.63, 3.8) is 0 Å². The monoisotopic (exact) mass is 244 g/mol. The van der Waals surface area contributed by atoms with E-state index in [-0.39, 0.29) is 11.4 Å². The summed E-state index contributed by atoms with van der Waals surface area (Å²) in [6.45, 7) is 0. The lowest BCUT2D eigenvalue weighted by Crippen LogP contribution is -2.03. The fraction of sp³-hybridized carbons (Fsp3) is 0. The topological polar surface area (TPSA) is 72.6 Å². The summed E-state index contributed by atoms with van der Waals surface area (Å²) in [6, 6.07) is 4.47. The van der Waals surface area contributed by atoms with Crippen molar-refractivity contribution in [2.45, 2.75) is 0 Å². The minimum Gasteiger partial charge on any atom is -0.533 e. The summed E-state index contributed by atoms with van der Waals surface area (Å²) in [4.78, 5) is 9.92. The van der Waals surface area contributed by atoms with Crippen LogP contribution in [0.5, 0.6) is 5.75 Å². The van der Waals surface area contributed by atoms with Crippen LogP contribution in [-0.2, 0) is 0 Å². The normalized spacial score (nSPS) is 9.38. The first-order chi connectivity index (χ1) is 6.16. The molecule has 0 heterocycles. The van der Waals surface area contributed by atoms with E-state index < -0.39 is 4.92 Å². The van der Waals surface area contributed by atoms with Gasteiger partial charge in [-0.2, -0.15) is 0 Å². The number of nitro benzene ring substituents is 1. The van der Waals surface area contributed by atoms with Crippen LogP contribution in [0.2, 0.25) is 0 Å². The van der Waals surface area contributed by atoms with Crippen LogP contribution < -0.4 is 4.65 Å². The summed E-state index contributed by atoms with van der Waals surface area (Å²) in [5.41, 5.74) is -0.215. The zero-order valence-corrected chi connectivity index (χ0v) is 7.89. The van der Waals surface area contributed by atoms with Crippen molar-refractivity contribution in [1.29, 1.82) is 0 Å². The Morgan fingerprint density at radius 1 is 1.62 bits per heavy atom. The molecule has 1 N–H and O–H groups in total. The SMILES string of the molecule is O=[N+]([O-])c1c(Br)cccc1O[B]O. The maximum atomic E-state index is 10.5. The van der Waals surface area contributed by atoms with Crippen LogP contribution in [-0.4, -0.2) is 17.6 Å². The first-order valence-corrected chi connectivity index (χ1v) is 4.01. The molecule has 0 saturated heterocycles. The standard InChI is InChI=1S/C6H4BBrNO4/c8-4-2-1-3-5(13-7-10)6(4)9(11)12/h1-3,10H. The Kier molecular flexibility index (Phi) is 3.27. The minimum absolute atomic E-state index is 0.0122. The summed E-state index contributed by atoms with van der Waals surface area (Å²) in [5.74, 6) is -0.0122. The average Bonchev–Trinajstić information content (AvgIpc) is 2.04. The second kappa shape index (κ2) is 4.24. The van der Waals surface area contributed by atoms with Crippen LogP contribution in [0.25, 0.3) is 0 Å². The Morgan fingerprint density at radius 3 is 2.85 bits per heavy atom. The number of benzene rings is 1. The van der Waals surface area contributed by atoms with Crippen molar-refractivity contribution in [3.05, 3.63) is 32.8 Å². The molecule has 7 heteroatoms. The predicted octanol–water partition coefficient (Wildman–Crippen LogP) is 1.26. The number of para-hydroxylation sites is 1. The molecule has 0 bridgehead atoms. The van der Waals surface area contributed by atoms with Crippen molar-refractivity contribution in [2.24, 2.45) is 0 Å². The van der Waals surface area contributed by atoms with Gasteiger partial charge >= 0.3 is 13.4 Å². The van der Waals surface area contributed by atoms with Gasteiger partial charge in [0.15, 0.2) is 5.75 Å². The molecule has 0 amide bonds. The van der Waals surface area contributed by atoms with E-state index in [1.165, 1.54) is 12.1 Å². The zero-order chi connectivity index (χ0) is 9.84. The third-order valence-electron chi connectivity index (χ3n) is 1.31. The molecule has 5 nitrogen and oxygen atoms in total. The highest BCUT2D eigenvalue weighted by Crippen LogP contribution is 2.33. The van der Waals surface area contributed by atoms with Crippen molar-refractivity contribution >= 4 is 29.3 Å². The molecule has 0 aliphatic rings. The number of rotatable bonds is 3. The van der Waals surface area contributed by atoms with E-state index in [1.807, 2.05) is 0 Å². The van der Waals surface area contributed by atoms with Gasteiger partial charge in [-0.15, -0.1) is 0 Å². The first kappa shape index (κ1) is 10.0. The third kappa shape index (κ3) is 2.19. The van der Waals surface area contributed by atoms with Crippen LogP contribution in [0.15, 0.2) is 22.7 Å². The Labute approximate surface area is 82.9 Å². The third-order valence-corrected chi connectivity index (χ3v) is 1.95. The maximum absolute atomic E-state index is 10.5. The van der Waals surface area contributed by atoms with Crippen molar-refractivity contribution in [2.75, 3.05) is 0 Å². The van der Waals surface area contributed by atoms with Gasteiger partial charge in [-0.05, 0) is 28.1 Å². The van der Waals surface area contributed by atoms with Gasteiger partial charge in [-0.1, -0.05) is 6.07 Å². The highest BCUT2D eigenvalue weighted by molar-refractivity contribution is 9.10. The Morgan fingerprint density at radius 2 is 2.31 bits per heavy atom. The molecule has 67 valence electrons. The lowest BCUT2D eigenvalue weighted by molar-refractivity contribution is -0.386. The molecule has 1 aromatic rings. The quantitative estimate of drug-likeness (QED) is 0.494. The molecule has 0 aromatic heterocycles. The van der Waals surface area contributed by atoms with E-state index in [4.69, 9.17) is 5.02 Å². The number of nitrogens with zero attached hydrogens (tertiary/aromatic N) is 1. The second-order valence-corrected chi connectivity index (χ2v) is 2.92. The fourth-order valence-electron chi connectivity index (χ4n) is 0.825. The van der Waals surface area contributed by atoms with E-state index >= 15 is 0 Å². The van der Waals surface area contributed by atoms with Crippen LogP contribution >= 0.6 is 15.9 Å². The summed E-state index contributed by atoms with van der Waals surface area (Å²) in [5, 5.41) is 18.8. The van der Waals surface area contributed by atoms with Crippen molar-refractivity contribution in [3.8, 4) is 5.75 Å². The van der Waals surface area contributed by atoms with Gasteiger partial charge in [0.05, 0.1) is 9.40 Å². The number of hydrogen-bond acceptors (Lipinski definition) is 4. The maximum Gasteiger partial charge on any atom is 0.569 e. The van der Waals surface area contributed by atoms with Gasteiger partial charge < -0.3 is 9.68 Å². The van der Waals surface area contributed by atoms with E-state index in [1.54, 1.807) is 6.07 Å². The van der Waals surface area contributed by atoms with Crippen LogP contribution in [0.3, 0.4) is 0 Å². The molecular weight excluding hydrogens is 241 g/mol. The molecule has 0 atom stereocenters. The fourth-order valence-corrected chi connectivity index (χ4v) is 1.32. The van der Waals surface area contributed by atoms with Gasteiger partial charge in [0, 0.05) is 0 Å². The molecule has 0 fully saturated rings. The molecule has 0 aliphatic heterocycles. The molecule has 1 radical (unpaired) electrons. The van der Waals surface area contributed by atoms with E-state index in [0.29, 0.717) is 12.2 Å². The summed E-state index contributed by atoms with van der Waals surface area (Å²) in [6.07, 6.45) is 0. The largest absolute Gasteiger partial charge is 0.569 e. The van der Waals surface area contributed by atoms with E-state index in [0.717, 1.165) is 0 Å². The van der Waals surface area contributed by atoms with E-state index in [2.05, 4.69) is 20.6 Å². The zero-order valence-electron chi connectivity index (χ0n) is 6.31. The lowest BCUT2D eigenvalue weighted by Gasteiger charge is -2.02. The van der Waals surface area contributed by atoms with Gasteiger partial charge in [-0.3, -0.25) is 10.1 Å². The van der Waals surface area contributed by atoms with Gasteiger partial charge in [0.1, 0.15) is 0 Å².